The van der Waals surface area contributed by atoms with Crippen LogP contribution < -0.4 is 10.5 Å². The monoisotopic (exact) mass is 403 g/mol. The van der Waals surface area contributed by atoms with Gasteiger partial charge in [-0.2, -0.15) is 10.2 Å². The third-order valence-corrected chi connectivity index (χ3v) is 5.97. The maximum Gasteiger partial charge on any atom is 0.266 e. The summed E-state index contributed by atoms with van der Waals surface area (Å²) in [5, 5.41) is 13.4. The lowest BCUT2D eigenvalue weighted by molar-refractivity contribution is 0.242. The molecular weight excluding hydrogens is 378 g/mol. The van der Waals surface area contributed by atoms with E-state index in [1.165, 1.54) is 17.7 Å². The standard InChI is InChI=1S/C22H25N7O/c30-22-5-4-20(17-6-8-23-9-7-17)26-29(22)15-12-27-10-13-28(14-11-27)21-16-18-2-1-3-19(18)24-25-21/h4-9,16H,1-3,10-15H2. The third kappa shape index (κ3) is 3.95. The molecule has 0 bridgehead atoms. The lowest BCUT2D eigenvalue weighted by Gasteiger charge is -2.35. The molecule has 0 saturated carbocycles. The summed E-state index contributed by atoms with van der Waals surface area (Å²) < 4.78 is 1.56. The number of piperazine rings is 1. The molecule has 30 heavy (non-hydrogen) atoms. The number of fused-ring (bicyclic) bond motifs is 1. The maximum atomic E-state index is 12.3. The van der Waals surface area contributed by atoms with Crippen molar-refractivity contribution >= 4 is 5.82 Å². The Labute approximate surface area is 175 Å². The molecule has 0 spiro atoms. The number of hydrogen-bond donors (Lipinski definition) is 0. The number of aromatic nitrogens is 5. The van der Waals surface area contributed by atoms with Gasteiger partial charge in [0, 0.05) is 56.7 Å². The van der Waals surface area contributed by atoms with Crippen molar-refractivity contribution in [2.75, 3.05) is 37.6 Å². The van der Waals surface area contributed by atoms with Gasteiger partial charge in [0.1, 0.15) is 0 Å². The van der Waals surface area contributed by atoms with Crippen molar-refractivity contribution in [3.05, 3.63) is 64.3 Å². The Hall–Kier alpha value is -3.13. The molecule has 154 valence electrons. The van der Waals surface area contributed by atoms with Crippen molar-refractivity contribution in [3.63, 3.8) is 0 Å². The average molecular weight is 403 g/mol. The number of aryl methyl sites for hydroxylation is 2. The second-order valence-corrected chi connectivity index (χ2v) is 7.87. The Bertz CT molecular complexity index is 1070. The first-order chi connectivity index (χ1) is 14.8. The minimum Gasteiger partial charge on any atom is -0.353 e. The van der Waals surface area contributed by atoms with E-state index in [0.29, 0.717) is 6.54 Å². The molecule has 5 rings (SSSR count). The van der Waals surface area contributed by atoms with Gasteiger partial charge in [-0.05, 0) is 49.1 Å². The van der Waals surface area contributed by atoms with Gasteiger partial charge in [-0.25, -0.2) is 4.68 Å². The van der Waals surface area contributed by atoms with Crippen LogP contribution in [0.2, 0.25) is 0 Å². The molecule has 8 heteroatoms. The fourth-order valence-corrected chi connectivity index (χ4v) is 4.19. The molecule has 8 nitrogen and oxygen atoms in total. The minimum atomic E-state index is -0.0696. The topological polar surface area (TPSA) is 80.0 Å². The van der Waals surface area contributed by atoms with Gasteiger partial charge in [0.05, 0.1) is 17.9 Å². The molecule has 4 heterocycles. The van der Waals surface area contributed by atoms with E-state index in [-0.39, 0.29) is 5.56 Å². The molecule has 3 aromatic rings. The molecule has 0 radical (unpaired) electrons. The molecule has 1 fully saturated rings. The van der Waals surface area contributed by atoms with Gasteiger partial charge in [-0.3, -0.25) is 14.7 Å². The fourth-order valence-electron chi connectivity index (χ4n) is 4.19. The van der Waals surface area contributed by atoms with Crippen molar-refractivity contribution in [2.45, 2.75) is 25.8 Å². The average Bonchev–Trinajstić information content (AvgIpc) is 3.27. The zero-order chi connectivity index (χ0) is 20.3. The molecule has 0 aromatic carbocycles. The first-order valence-electron chi connectivity index (χ1n) is 10.6. The highest BCUT2D eigenvalue weighted by molar-refractivity contribution is 5.57. The minimum absolute atomic E-state index is 0.0696. The number of rotatable bonds is 5. The van der Waals surface area contributed by atoms with Crippen LogP contribution in [0.4, 0.5) is 5.82 Å². The zero-order valence-corrected chi connectivity index (χ0v) is 16.9. The maximum absolute atomic E-state index is 12.3. The predicted octanol–water partition coefficient (Wildman–Crippen LogP) is 1.41. The van der Waals surface area contributed by atoms with E-state index in [1.807, 2.05) is 12.1 Å². The van der Waals surface area contributed by atoms with Gasteiger partial charge in [0.15, 0.2) is 5.82 Å². The molecule has 3 aromatic heterocycles. The molecule has 0 N–H and O–H groups in total. The van der Waals surface area contributed by atoms with Gasteiger partial charge >= 0.3 is 0 Å². The normalized spacial score (nSPS) is 16.6. The predicted molar refractivity (Wildman–Crippen MR) is 114 cm³/mol. The first-order valence-corrected chi connectivity index (χ1v) is 10.6. The molecular formula is C22H25N7O. The molecule has 1 aliphatic heterocycles. The number of nitrogens with zero attached hydrogens (tertiary/aromatic N) is 7. The smallest absolute Gasteiger partial charge is 0.266 e. The number of anilines is 1. The van der Waals surface area contributed by atoms with E-state index in [1.54, 1.807) is 29.2 Å². The second-order valence-electron chi connectivity index (χ2n) is 7.87. The van der Waals surface area contributed by atoms with Gasteiger partial charge in [-0.15, -0.1) is 5.10 Å². The zero-order valence-electron chi connectivity index (χ0n) is 16.9. The highest BCUT2D eigenvalue weighted by Gasteiger charge is 2.21. The molecule has 1 saturated heterocycles. The molecule has 0 atom stereocenters. The quantitative estimate of drug-likeness (QED) is 0.637. The van der Waals surface area contributed by atoms with E-state index < -0.39 is 0 Å². The summed E-state index contributed by atoms with van der Waals surface area (Å²) in [6, 6.07) is 9.38. The third-order valence-electron chi connectivity index (χ3n) is 5.97. The van der Waals surface area contributed by atoms with Crippen LogP contribution >= 0.6 is 0 Å². The van der Waals surface area contributed by atoms with E-state index in [4.69, 9.17) is 0 Å². The molecule has 2 aliphatic rings. The van der Waals surface area contributed by atoms with Crippen LogP contribution in [0.1, 0.15) is 17.7 Å². The Balaban J connectivity index is 1.19. The van der Waals surface area contributed by atoms with Crippen LogP contribution in [0.25, 0.3) is 11.3 Å². The van der Waals surface area contributed by atoms with Crippen molar-refractivity contribution in [2.24, 2.45) is 0 Å². The fraction of sp³-hybridized carbons (Fsp3) is 0.409. The number of hydrogen-bond acceptors (Lipinski definition) is 7. The first kappa shape index (κ1) is 18.9. The van der Waals surface area contributed by atoms with E-state index in [9.17, 15) is 4.79 Å². The van der Waals surface area contributed by atoms with Crippen LogP contribution in [0.3, 0.4) is 0 Å². The summed E-state index contributed by atoms with van der Waals surface area (Å²) in [7, 11) is 0. The Morgan fingerprint density at radius 3 is 2.57 bits per heavy atom. The van der Waals surface area contributed by atoms with Crippen LogP contribution in [0.15, 0.2) is 47.5 Å². The van der Waals surface area contributed by atoms with Crippen molar-refractivity contribution in [1.29, 1.82) is 0 Å². The van der Waals surface area contributed by atoms with Crippen LogP contribution in [-0.4, -0.2) is 62.6 Å². The Kier molecular flexibility index (Phi) is 5.23. The Morgan fingerprint density at radius 1 is 0.900 bits per heavy atom. The van der Waals surface area contributed by atoms with Gasteiger partial charge in [0.2, 0.25) is 0 Å². The molecule has 1 aliphatic carbocycles. The lowest BCUT2D eigenvalue weighted by atomic mass is 10.2. The van der Waals surface area contributed by atoms with Gasteiger partial charge in [0.25, 0.3) is 5.56 Å². The van der Waals surface area contributed by atoms with E-state index >= 15 is 0 Å². The van der Waals surface area contributed by atoms with E-state index in [0.717, 1.165) is 62.6 Å². The van der Waals surface area contributed by atoms with Crippen LogP contribution in [0, 0.1) is 0 Å². The lowest BCUT2D eigenvalue weighted by Crippen LogP contribution is -2.48. The highest BCUT2D eigenvalue weighted by atomic mass is 16.1. The summed E-state index contributed by atoms with van der Waals surface area (Å²) in [6.07, 6.45) is 6.84. The SMILES string of the molecule is O=c1ccc(-c2ccncc2)nn1CCN1CCN(c2cc3c(nn2)CCC3)CC1. The van der Waals surface area contributed by atoms with Crippen molar-refractivity contribution in [3.8, 4) is 11.3 Å². The van der Waals surface area contributed by atoms with Crippen molar-refractivity contribution < 1.29 is 0 Å². The van der Waals surface area contributed by atoms with Crippen molar-refractivity contribution in [1.82, 2.24) is 29.9 Å². The largest absolute Gasteiger partial charge is 0.353 e. The van der Waals surface area contributed by atoms with E-state index in [2.05, 4.69) is 36.1 Å². The second kappa shape index (κ2) is 8.31. The summed E-state index contributed by atoms with van der Waals surface area (Å²) in [6.45, 7) is 5.11. The summed E-state index contributed by atoms with van der Waals surface area (Å²) in [5.74, 6) is 0.998. The summed E-state index contributed by atoms with van der Waals surface area (Å²) in [4.78, 5) is 21.0. The number of pyridine rings is 1. The Morgan fingerprint density at radius 2 is 1.73 bits per heavy atom. The molecule has 0 unspecified atom stereocenters. The summed E-state index contributed by atoms with van der Waals surface area (Å²) >= 11 is 0. The highest BCUT2D eigenvalue weighted by Crippen LogP contribution is 2.23. The van der Waals surface area contributed by atoms with Crippen LogP contribution in [-0.2, 0) is 19.4 Å². The van der Waals surface area contributed by atoms with Crippen LogP contribution in [0.5, 0.6) is 0 Å². The van der Waals surface area contributed by atoms with Gasteiger partial charge in [-0.1, -0.05) is 0 Å². The summed E-state index contributed by atoms with van der Waals surface area (Å²) in [5.41, 5.74) is 4.21. The molecule has 0 amide bonds. The van der Waals surface area contributed by atoms with Gasteiger partial charge < -0.3 is 4.90 Å².